The molecule has 1 aliphatic heterocycles. The van der Waals surface area contributed by atoms with Crippen molar-refractivity contribution in [3.05, 3.63) is 11.3 Å². The van der Waals surface area contributed by atoms with Gasteiger partial charge in [-0.25, -0.2) is 4.99 Å². The fraction of sp³-hybridized carbons (Fsp3) is 0.800. The number of nitrogens with two attached hydrogens (primary N) is 1. The van der Waals surface area contributed by atoms with Crippen LogP contribution in [-0.2, 0) is 0 Å². The van der Waals surface area contributed by atoms with E-state index in [2.05, 4.69) is 24.2 Å². The van der Waals surface area contributed by atoms with Crippen LogP contribution in [0.4, 0.5) is 0 Å². The van der Waals surface area contributed by atoms with Gasteiger partial charge in [-0.05, 0) is 43.1 Å². The fourth-order valence-corrected chi connectivity index (χ4v) is 4.19. The SMILES string of the molecule is CCCC[C@H]1C2=C3[C@H](CC[C@H]3N=C(N)N2)C[C@@H]1C. The standard InChI is InChI=1S/C15H25N3/c1-3-4-5-11-9(2)8-10-6-7-12-13(10)14(11)18-15(16)17-12/h9-12H,3-8H2,1-2H3,(H3,16,17,18)/t9-,10+,11+,12+/m0/s1. The molecule has 0 bridgehead atoms. The van der Waals surface area contributed by atoms with Gasteiger partial charge in [0.1, 0.15) is 0 Å². The van der Waals surface area contributed by atoms with Crippen LogP contribution in [0.25, 0.3) is 0 Å². The molecule has 0 aromatic heterocycles. The van der Waals surface area contributed by atoms with Crippen molar-refractivity contribution in [1.29, 1.82) is 0 Å². The summed E-state index contributed by atoms with van der Waals surface area (Å²) in [7, 11) is 0. The van der Waals surface area contributed by atoms with Gasteiger partial charge in [-0.15, -0.1) is 0 Å². The van der Waals surface area contributed by atoms with E-state index in [-0.39, 0.29) is 0 Å². The highest BCUT2D eigenvalue weighted by Crippen LogP contribution is 2.48. The first-order chi connectivity index (χ1) is 8.70. The summed E-state index contributed by atoms with van der Waals surface area (Å²) >= 11 is 0. The number of nitrogens with zero attached hydrogens (tertiary/aromatic N) is 1. The molecule has 3 N–H and O–H groups in total. The van der Waals surface area contributed by atoms with Crippen molar-refractivity contribution in [3.63, 3.8) is 0 Å². The molecule has 0 unspecified atom stereocenters. The normalized spacial score (nSPS) is 38.2. The van der Waals surface area contributed by atoms with Gasteiger partial charge in [0.05, 0.1) is 6.04 Å². The van der Waals surface area contributed by atoms with Gasteiger partial charge in [-0.3, -0.25) is 0 Å². The molecular weight excluding hydrogens is 222 g/mol. The number of hydrogen-bond acceptors (Lipinski definition) is 3. The number of aliphatic imine (C=N–C) groups is 1. The third kappa shape index (κ3) is 1.84. The van der Waals surface area contributed by atoms with Gasteiger partial charge >= 0.3 is 0 Å². The van der Waals surface area contributed by atoms with Gasteiger partial charge < -0.3 is 11.1 Å². The summed E-state index contributed by atoms with van der Waals surface area (Å²) in [4.78, 5) is 4.59. The minimum atomic E-state index is 0.405. The molecule has 0 aromatic rings. The second kappa shape index (κ2) is 4.60. The largest absolute Gasteiger partial charge is 0.370 e. The van der Waals surface area contributed by atoms with Gasteiger partial charge in [0.2, 0.25) is 0 Å². The lowest BCUT2D eigenvalue weighted by Gasteiger charge is -2.39. The van der Waals surface area contributed by atoms with Gasteiger partial charge in [0, 0.05) is 11.6 Å². The minimum absolute atomic E-state index is 0.405. The van der Waals surface area contributed by atoms with Crippen LogP contribution in [0.5, 0.6) is 0 Å². The Bertz CT molecular complexity index is 397. The minimum Gasteiger partial charge on any atom is -0.370 e. The van der Waals surface area contributed by atoms with Crippen LogP contribution >= 0.6 is 0 Å². The van der Waals surface area contributed by atoms with E-state index >= 15 is 0 Å². The summed E-state index contributed by atoms with van der Waals surface area (Å²) in [5.74, 6) is 2.90. The third-order valence-electron chi connectivity index (χ3n) is 5.04. The molecule has 0 radical (unpaired) electrons. The number of guanidine groups is 1. The zero-order valence-corrected chi connectivity index (χ0v) is 11.6. The Morgan fingerprint density at radius 3 is 3.00 bits per heavy atom. The predicted molar refractivity (Wildman–Crippen MR) is 75.1 cm³/mol. The maximum Gasteiger partial charge on any atom is 0.193 e. The van der Waals surface area contributed by atoms with Crippen LogP contribution in [0.15, 0.2) is 16.3 Å². The summed E-state index contributed by atoms with van der Waals surface area (Å²) in [5, 5.41) is 3.42. The first-order valence-corrected chi connectivity index (χ1v) is 7.55. The zero-order chi connectivity index (χ0) is 12.7. The van der Waals surface area contributed by atoms with Crippen LogP contribution in [-0.4, -0.2) is 12.0 Å². The van der Waals surface area contributed by atoms with E-state index in [9.17, 15) is 0 Å². The summed E-state index contributed by atoms with van der Waals surface area (Å²) in [6.45, 7) is 4.69. The Morgan fingerprint density at radius 2 is 2.22 bits per heavy atom. The molecule has 18 heavy (non-hydrogen) atoms. The van der Waals surface area contributed by atoms with E-state index in [0.29, 0.717) is 17.9 Å². The molecule has 1 saturated carbocycles. The highest BCUT2D eigenvalue weighted by Gasteiger charge is 2.43. The van der Waals surface area contributed by atoms with Crippen molar-refractivity contribution in [3.8, 4) is 0 Å². The highest BCUT2D eigenvalue weighted by atomic mass is 15.1. The van der Waals surface area contributed by atoms with Crippen molar-refractivity contribution in [2.75, 3.05) is 0 Å². The zero-order valence-electron chi connectivity index (χ0n) is 11.6. The topological polar surface area (TPSA) is 50.4 Å². The summed E-state index contributed by atoms with van der Waals surface area (Å²) in [6.07, 6.45) is 7.78. The molecule has 0 saturated heterocycles. The lowest BCUT2D eigenvalue weighted by molar-refractivity contribution is 0.281. The predicted octanol–water partition coefficient (Wildman–Crippen LogP) is 2.78. The average molecular weight is 247 g/mol. The van der Waals surface area contributed by atoms with Crippen LogP contribution in [0, 0.1) is 17.8 Å². The Balaban J connectivity index is 1.91. The summed E-state index contributed by atoms with van der Waals surface area (Å²) in [5.41, 5.74) is 9.04. The van der Waals surface area contributed by atoms with Gasteiger partial charge in [0.25, 0.3) is 0 Å². The van der Waals surface area contributed by atoms with Gasteiger partial charge in [-0.1, -0.05) is 26.7 Å². The summed E-state index contributed by atoms with van der Waals surface area (Å²) in [6, 6.07) is 0.405. The molecule has 1 heterocycles. The van der Waals surface area contributed by atoms with Crippen LogP contribution in [0.1, 0.15) is 52.4 Å². The van der Waals surface area contributed by atoms with Gasteiger partial charge in [0.15, 0.2) is 5.96 Å². The Labute approximate surface area is 110 Å². The number of rotatable bonds is 3. The maximum absolute atomic E-state index is 5.97. The van der Waals surface area contributed by atoms with Crippen LogP contribution in [0.3, 0.4) is 0 Å². The van der Waals surface area contributed by atoms with E-state index in [1.54, 1.807) is 5.57 Å². The van der Waals surface area contributed by atoms with E-state index in [1.807, 2.05) is 0 Å². The molecule has 0 amide bonds. The fourth-order valence-electron chi connectivity index (χ4n) is 4.19. The van der Waals surface area contributed by atoms with Crippen molar-refractivity contribution in [2.24, 2.45) is 28.5 Å². The van der Waals surface area contributed by atoms with Crippen molar-refractivity contribution < 1.29 is 0 Å². The smallest absolute Gasteiger partial charge is 0.193 e. The van der Waals surface area contributed by atoms with E-state index < -0.39 is 0 Å². The molecule has 3 rings (SSSR count). The molecular formula is C15H25N3. The van der Waals surface area contributed by atoms with E-state index in [1.165, 1.54) is 44.2 Å². The maximum atomic E-state index is 5.97. The van der Waals surface area contributed by atoms with Crippen molar-refractivity contribution in [1.82, 2.24) is 5.32 Å². The average Bonchev–Trinajstić information content (AvgIpc) is 2.72. The second-order valence-corrected chi connectivity index (χ2v) is 6.26. The van der Waals surface area contributed by atoms with Crippen LogP contribution < -0.4 is 11.1 Å². The third-order valence-corrected chi connectivity index (χ3v) is 5.04. The Morgan fingerprint density at radius 1 is 1.39 bits per heavy atom. The molecule has 0 aromatic carbocycles. The Kier molecular flexibility index (Phi) is 3.08. The van der Waals surface area contributed by atoms with Crippen molar-refractivity contribution in [2.45, 2.75) is 58.4 Å². The lowest BCUT2D eigenvalue weighted by atomic mass is 9.72. The number of allylic oxidation sites excluding steroid dienone is 1. The molecule has 100 valence electrons. The van der Waals surface area contributed by atoms with Crippen LogP contribution in [0.2, 0.25) is 0 Å². The quantitative estimate of drug-likeness (QED) is 0.805. The Hall–Kier alpha value is -0.990. The molecule has 3 nitrogen and oxygen atoms in total. The summed E-state index contributed by atoms with van der Waals surface area (Å²) < 4.78 is 0. The number of unbranched alkanes of at least 4 members (excludes halogenated alkanes) is 1. The monoisotopic (exact) mass is 247 g/mol. The first-order valence-electron chi connectivity index (χ1n) is 7.55. The second-order valence-electron chi connectivity index (χ2n) is 6.26. The molecule has 0 spiro atoms. The number of nitrogens with one attached hydrogen (secondary N) is 1. The molecule has 1 fully saturated rings. The number of hydrogen-bond donors (Lipinski definition) is 2. The molecule has 2 aliphatic carbocycles. The highest BCUT2D eigenvalue weighted by molar-refractivity contribution is 5.82. The first kappa shape index (κ1) is 12.1. The lowest BCUT2D eigenvalue weighted by Crippen LogP contribution is -2.43. The molecule has 3 aliphatic rings. The molecule has 4 atom stereocenters. The van der Waals surface area contributed by atoms with Crippen molar-refractivity contribution >= 4 is 5.96 Å². The van der Waals surface area contributed by atoms with E-state index in [0.717, 1.165) is 11.8 Å². The van der Waals surface area contributed by atoms with Gasteiger partial charge in [-0.2, -0.15) is 0 Å². The van der Waals surface area contributed by atoms with E-state index in [4.69, 9.17) is 5.73 Å². The molecule has 3 heteroatoms.